The first-order chi connectivity index (χ1) is 9.60. The average molecular weight is 294 g/mol. The molecule has 0 aliphatic carbocycles. The molecule has 0 saturated carbocycles. The molecule has 1 aromatic rings. The molecular formula is C15H22N2O2S. The minimum absolute atomic E-state index is 0.0747. The predicted octanol–water partition coefficient (Wildman–Crippen LogP) is 1.71. The Morgan fingerprint density at radius 2 is 2.05 bits per heavy atom. The van der Waals surface area contributed by atoms with E-state index >= 15 is 0 Å². The highest BCUT2D eigenvalue weighted by Gasteiger charge is 2.25. The van der Waals surface area contributed by atoms with Gasteiger partial charge in [-0.15, -0.1) is 0 Å². The summed E-state index contributed by atoms with van der Waals surface area (Å²) in [6, 6.07) is 9.68. The standard InChI is InChI=1S/C15H22N2O2S/c1-2-6-13(14(16)20)15(19)17(9-10-18)11-12-7-4-3-5-8-12/h3-5,7-8,13,18H,2,6,9-11H2,1H3,(H2,16,20). The van der Waals surface area contributed by atoms with Gasteiger partial charge in [-0.2, -0.15) is 0 Å². The van der Waals surface area contributed by atoms with Crippen molar-refractivity contribution in [2.75, 3.05) is 13.2 Å². The van der Waals surface area contributed by atoms with Crippen LogP contribution in [0.15, 0.2) is 30.3 Å². The lowest BCUT2D eigenvalue weighted by molar-refractivity contribution is -0.134. The summed E-state index contributed by atoms with van der Waals surface area (Å²) in [6.45, 7) is 2.67. The van der Waals surface area contributed by atoms with E-state index in [0.717, 1.165) is 12.0 Å². The van der Waals surface area contributed by atoms with Gasteiger partial charge in [0.25, 0.3) is 0 Å². The van der Waals surface area contributed by atoms with Crippen LogP contribution in [0, 0.1) is 5.92 Å². The second-order valence-electron chi connectivity index (χ2n) is 4.71. The number of carbonyl (C=O) groups is 1. The number of hydrogen-bond donors (Lipinski definition) is 2. The first-order valence-electron chi connectivity index (χ1n) is 6.83. The van der Waals surface area contributed by atoms with Crippen molar-refractivity contribution in [1.82, 2.24) is 4.90 Å². The Kier molecular flexibility index (Phi) is 7.18. The van der Waals surface area contributed by atoms with E-state index in [2.05, 4.69) is 0 Å². The highest BCUT2D eigenvalue weighted by Crippen LogP contribution is 2.14. The number of carbonyl (C=O) groups excluding carboxylic acids is 1. The third-order valence-electron chi connectivity index (χ3n) is 3.12. The molecule has 20 heavy (non-hydrogen) atoms. The van der Waals surface area contributed by atoms with Crippen LogP contribution in [0.25, 0.3) is 0 Å². The number of nitrogens with zero attached hydrogens (tertiary/aromatic N) is 1. The zero-order valence-electron chi connectivity index (χ0n) is 11.8. The van der Waals surface area contributed by atoms with Gasteiger partial charge in [0.2, 0.25) is 5.91 Å². The molecule has 1 aromatic carbocycles. The fourth-order valence-electron chi connectivity index (χ4n) is 2.09. The van der Waals surface area contributed by atoms with Crippen LogP contribution >= 0.6 is 12.2 Å². The van der Waals surface area contributed by atoms with Crippen molar-refractivity contribution in [2.24, 2.45) is 11.7 Å². The summed E-state index contributed by atoms with van der Waals surface area (Å²) in [4.78, 5) is 14.4. The van der Waals surface area contributed by atoms with Crippen LogP contribution in [0.5, 0.6) is 0 Å². The monoisotopic (exact) mass is 294 g/mol. The van der Waals surface area contributed by atoms with Crippen molar-refractivity contribution >= 4 is 23.1 Å². The number of thiocarbonyl (C=S) groups is 1. The van der Waals surface area contributed by atoms with Crippen molar-refractivity contribution in [3.8, 4) is 0 Å². The van der Waals surface area contributed by atoms with Crippen LogP contribution in [0.4, 0.5) is 0 Å². The Labute approximate surface area is 125 Å². The molecule has 0 aromatic heterocycles. The number of hydrogen-bond acceptors (Lipinski definition) is 3. The molecule has 1 unspecified atom stereocenters. The van der Waals surface area contributed by atoms with Crippen LogP contribution in [-0.2, 0) is 11.3 Å². The highest BCUT2D eigenvalue weighted by molar-refractivity contribution is 7.80. The molecular weight excluding hydrogens is 272 g/mol. The van der Waals surface area contributed by atoms with Crippen LogP contribution in [0.3, 0.4) is 0 Å². The van der Waals surface area contributed by atoms with E-state index in [0.29, 0.717) is 13.0 Å². The average Bonchev–Trinajstić information content (AvgIpc) is 2.44. The number of aliphatic hydroxyl groups excluding tert-OH is 1. The van der Waals surface area contributed by atoms with Crippen molar-refractivity contribution in [3.05, 3.63) is 35.9 Å². The van der Waals surface area contributed by atoms with Crippen molar-refractivity contribution in [3.63, 3.8) is 0 Å². The van der Waals surface area contributed by atoms with E-state index in [1.807, 2.05) is 37.3 Å². The molecule has 1 rings (SSSR count). The molecule has 5 heteroatoms. The predicted molar refractivity (Wildman–Crippen MR) is 84.1 cm³/mol. The molecule has 110 valence electrons. The zero-order chi connectivity index (χ0) is 15.0. The summed E-state index contributed by atoms with van der Waals surface area (Å²) in [5.74, 6) is -0.539. The largest absolute Gasteiger partial charge is 0.395 e. The lowest BCUT2D eigenvalue weighted by Gasteiger charge is -2.26. The van der Waals surface area contributed by atoms with Crippen molar-refractivity contribution in [2.45, 2.75) is 26.3 Å². The lowest BCUT2D eigenvalue weighted by Crippen LogP contribution is -2.42. The molecule has 0 fully saturated rings. The molecule has 0 radical (unpaired) electrons. The van der Waals surface area contributed by atoms with Gasteiger partial charge in [-0.3, -0.25) is 4.79 Å². The van der Waals surface area contributed by atoms with Gasteiger partial charge in [0.1, 0.15) is 0 Å². The minimum atomic E-state index is -0.440. The maximum atomic E-state index is 12.5. The van der Waals surface area contributed by atoms with Crippen molar-refractivity contribution < 1.29 is 9.90 Å². The number of benzene rings is 1. The van der Waals surface area contributed by atoms with E-state index in [9.17, 15) is 4.79 Å². The van der Waals surface area contributed by atoms with Gasteiger partial charge in [0, 0.05) is 13.1 Å². The van der Waals surface area contributed by atoms with E-state index < -0.39 is 5.92 Å². The van der Waals surface area contributed by atoms with E-state index in [1.54, 1.807) is 4.90 Å². The van der Waals surface area contributed by atoms with E-state index in [-0.39, 0.29) is 24.0 Å². The van der Waals surface area contributed by atoms with Crippen LogP contribution in [0.2, 0.25) is 0 Å². The number of nitrogens with two attached hydrogens (primary N) is 1. The molecule has 0 saturated heterocycles. The molecule has 0 heterocycles. The fraction of sp³-hybridized carbons (Fsp3) is 0.467. The Morgan fingerprint density at radius 3 is 2.55 bits per heavy atom. The lowest BCUT2D eigenvalue weighted by atomic mass is 10.0. The summed E-state index contributed by atoms with van der Waals surface area (Å²) >= 11 is 4.99. The molecule has 0 bridgehead atoms. The number of amides is 1. The van der Waals surface area contributed by atoms with E-state index in [1.165, 1.54) is 0 Å². The third-order valence-corrected chi connectivity index (χ3v) is 3.40. The summed E-state index contributed by atoms with van der Waals surface area (Å²) in [5, 5.41) is 9.16. The summed E-state index contributed by atoms with van der Waals surface area (Å²) in [5.41, 5.74) is 6.69. The summed E-state index contributed by atoms with van der Waals surface area (Å²) in [6.07, 6.45) is 1.48. The topological polar surface area (TPSA) is 66.6 Å². The van der Waals surface area contributed by atoms with Crippen LogP contribution in [0.1, 0.15) is 25.3 Å². The highest BCUT2D eigenvalue weighted by atomic mass is 32.1. The third kappa shape index (κ3) is 4.90. The smallest absolute Gasteiger partial charge is 0.232 e. The summed E-state index contributed by atoms with van der Waals surface area (Å²) in [7, 11) is 0. The van der Waals surface area contributed by atoms with Gasteiger partial charge in [-0.1, -0.05) is 55.9 Å². The van der Waals surface area contributed by atoms with Gasteiger partial charge >= 0.3 is 0 Å². The van der Waals surface area contributed by atoms with Gasteiger partial charge in [0.15, 0.2) is 0 Å². The van der Waals surface area contributed by atoms with Gasteiger partial charge in [-0.25, -0.2) is 0 Å². The second-order valence-corrected chi connectivity index (χ2v) is 5.18. The van der Waals surface area contributed by atoms with E-state index in [4.69, 9.17) is 23.1 Å². The first-order valence-corrected chi connectivity index (χ1v) is 7.23. The molecule has 0 aliphatic heterocycles. The Hall–Kier alpha value is -1.46. The van der Waals surface area contributed by atoms with Gasteiger partial charge < -0.3 is 15.7 Å². The van der Waals surface area contributed by atoms with Crippen molar-refractivity contribution in [1.29, 1.82) is 0 Å². The summed E-state index contributed by atoms with van der Waals surface area (Å²) < 4.78 is 0. The minimum Gasteiger partial charge on any atom is -0.395 e. The zero-order valence-corrected chi connectivity index (χ0v) is 12.6. The second kappa shape index (κ2) is 8.66. The molecule has 3 N–H and O–H groups in total. The molecule has 1 atom stereocenters. The molecule has 4 nitrogen and oxygen atoms in total. The number of rotatable bonds is 8. The first kappa shape index (κ1) is 16.6. The van der Waals surface area contributed by atoms with Gasteiger partial charge in [-0.05, 0) is 12.0 Å². The Morgan fingerprint density at radius 1 is 1.40 bits per heavy atom. The molecule has 0 aliphatic rings. The van der Waals surface area contributed by atoms with Crippen LogP contribution < -0.4 is 5.73 Å². The van der Waals surface area contributed by atoms with Crippen LogP contribution in [-0.4, -0.2) is 34.1 Å². The number of aliphatic hydroxyl groups is 1. The Balaban J connectivity index is 2.83. The van der Waals surface area contributed by atoms with Gasteiger partial charge in [0.05, 0.1) is 17.5 Å². The maximum absolute atomic E-state index is 12.5. The Bertz CT molecular complexity index is 437. The molecule has 1 amide bonds. The quantitative estimate of drug-likeness (QED) is 0.716. The normalized spacial score (nSPS) is 11.9. The maximum Gasteiger partial charge on any atom is 0.232 e. The SMILES string of the molecule is CCCC(C(=O)N(CCO)Cc1ccccc1)C(N)=S. The molecule has 0 spiro atoms. The fourth-order valence-corrected chi connectivity index (χ4v) is 2.31.